The number of fused-ring (bicyclic) bond motifs is 1. The fourth-order valence-corrected chi connectivity index (χ4v) is 4.74. The number of anilines is 1. The van der Waals surface area contributed by atoms with Gasteiger partial charge in [-0.15, -0.1) is 0 Å². The molecule has 0 saturated carbocycles. The molecule has 1 aliphatic carbocycles. The number of amides is 2. The molecule has 26 heavy (non-hydrogen) atoms. The molecule has 0 radical (unpaired) electrons. The smallest absolute Gasteiger partial charge is 0.320 e. The number of aryl methyl sites for hydroxylation is 1. The first kappa shape index (κ1) is 16.9. The van der Waals surface area contributed by atoms with Crippen LogP contribution in [0.15, 0.2) is 47.3 Å². The monoisotopic (exact) mass is 351 g/mol. The minimum atomic E-state index is -0.0562. The Morgan fingerprint density at radius 2 is 1.88 bits per heavy atom. The lowest BCUT2D eigenvalue weighted by Gasteiger charge is -2.58. The van der Waals surface area contributed by atoms with Gasteiger partial charge in [-0.2, -0.15) is 0 Å². The maximum atomic E-state index is 12.9. The molecule has 1 aliphatic heterocycles. The van der Waals surface area contributed by atoms with Crippen LogP contribution in [0.4, 0.5) is 10.5 Å². The largest absolute Gasteiger partial charge is 0.322 e. The number of hydrogen-bond donors (Lipinski definition) is 1. The Morgan fingerprint density at radius 1 is 1.19 bits per heavy atom. The number of urea groups is 1. The summed E-state index contributed by atoms with van der Waals surface area (Å²) in [4.78, 5) is 26.7. The quantitative estimate of drug-likeness (QED) is 0.838. The van der Waals surface area contributed by atoms with Gasteiger partial charge in [0.15, 0.2) is 0 Å². The van der Waals surface area contributed by atoms with Gasteiger partial charge < -0.3 is 14.8 Å². The van der Waals surface area contributed by atoms with E-state index in [2.05, 4.69) is 31.3 Å². The van der Waals surface area contributed by atoms with Gasteiger partial charge in [0.05, 0.1) is 5.52 Å². The zero-order chi connectivity index (χ0) is 18.5. The predicted octanol–water partition coefficient (Wildman–Crippen LogP) is 3.75. The molecule has 4 rings (SSSR count). The van der Waals surface area contributed by atoms with E-state index in [4.69, 9.17) is 0 Å². The molecule has 1 N–H and O–H groups in total. The van der Waals surface area contributed by atoms with Gasteiger partial charge in [-0.05, 0) is 42.3 Å². The highest BCUT2D eigenvalue weighted by Gasteiger charge is 2.55. The second-order valence-corrected chi connectivity index (χ2v) is 7.99. The summed E-state index contributed by atoms with van der Waals surface area (Å²) >= 11 is 0. The van der Waals surface area contributed by atoms with E-state index in [9.17, 15) is 9.59 Å². The highest BCUT2D eigenvalue weighted by Crippen LogP contribution is 2.50. The van der Waals surface area contributed by atoms with Crippen LogP contribution in [-0.2, 0) is 7.05 Å². The molecule has 1 unspecified atom stereocenters. The number of carbonyl (C=O) groups is 1. The molecular formula is C21H25N3O2. The minimum absolute atomic E-state index is 0.0542. The second-order valence-electron chi connectivity index (χ2n) is 7.99. The van der Waals surface area contributed by atoms with Crippen molar-refractivity contribution in [1.82, 2.24) is 9.47 Å². The number of nitrogens with zero attached hydrogens (tertiary/aromatic N) is 2. The Hall–Kier alpha value is -2.56. The third-order valence-corrected chi connectivity index (χ3v) is 5.94. The molecule has 2 amide bonds. The van der Waals surface area contributed by atoms with Crippen LogP contribution in [0.3, 0.4) is 0 Å². The summed E-state index contributed by atoms with van der Waals surface area (Å²) in [7, 11) is 1.75. The summed E-state index contributed by atoms with van der Waals surface area (Å²) < 4.78 is 1.60. The lowest BCUT2D eigenvalue weighted by molar-refractivity contribution is -0.0538. The molecule has 1 atom stereocenters. The molecule has 2 heterocycles. The van der Waals surface area contributed by atoms with E-state index < -0.39 is 0 Å². The summed E-state index contributed by atoms with van der Waals surface area (Å²) in [5, 5.41) is 4.00. The first-order valence-electron chi connectivity index (χ1n) is 9.24. The molecule has 1 spiro atoms. The van der Waals surface area contributed by atoms with E-state index in [1.807, 2.05) is 29.2 Å². The molecule has 1 aromatic carbocycles. The van der Waals surface area contributed by atoms with Crippen LogP contribution in [0.1, 0.15) is 26.7 Å². The summed E-state index contributed by atoms with van der Waals surface area (Å²) in [6, 6.07) is 9.27. The first-order valence-corrected chi connectivity index (χ1v) is 9.24. The fourth-order valence-electron chi connectivity index (χ4n) is 4.74. The van der Waals surface area contributed by atoms with E-state index in [0.29, 0.717) is 5.92 Å². The van der Waals surface area contributed by atoms with Gasteiger partial charge in [0.25, 0.3) is 5.56 Å². The standard InChI is InChI=1S/C21H25N3O2/c1-14(2)19-21(10-4-5-11-21)13-24(19)20(26)22-16-8-6-15-7-9-18(25)23(3)17(15)12-16/h4-9,12,14,19H,10-11,13H2,1-3H3,(H,22,26). The third kappa shape index (κ3) is 2.54. The molecular weight excluding hydrogens is 326 g/mol. The Kier molecular flexibility index (Phi) is 3.90. The molecule has 0 bridgehead atoms. The van der Waals surface area contributed by atoms with Crippen molar-refractivity contribution < 1.29 is 4.79 Å². The number of likely N-dealkylation sites (tertiary alicyclic amines) is 1. The van der Waals surface area contributed by atoms with Crippen LogP contribution < -0.4 is 10.9 Å². The van der Waals surface area contributed by atoms with Crippen LogP contribution >= 0.6 is 0 Å². The third-order valence-electron chi connectivity index (χ3n) is 5.94. The summed E-state index contributed by atoms with van der Waals surface area (Å²) in [6.45, 7) is 5.19. The zero-order valence-electron chi connectivity index (χ0n) is 15.5. The average Bonchev–Trinajstić information content (AvgIpc) is 3.07. The number of allylic oxidation sites excluding steroid dienone is 2. The number of nitrogens with one attached hydrogen (secondary N) is 1. The van der Waals surface area contributed by atoms with E-state index in [0.717, 1.165) is 36.0 Å². The minimum Gasteiger partial charge on any atom is -0.320 e. The number of hydrogen-bond acceptors (Lipinski definition) is 2. The van der Waals surface area contributed by atoms with Gasteiger partial charge in [-0.1, -0.05) is 32.1 Å². The first-order chi connectivity index (χ1) is 12.4. The lowest BCUT2D eigenvalue weighted by Crippen LogP contribution is -2.68. The van der Waals surface area contributed by atoms with Gasteiger partial charge >= 0.3 is 6.03 Å². The molecule has 5 nitrogen and oxygen atoms in total. The van der Waals surface area contributed by atoms with E-state index in [-0.39, 0.29) is 23.0 Å². The highest BCUT2D eigenvalue weighted by molar-refractivity contribution is 5.93. The highest BCUT2D eigenvalue weighted by atomic mass is 16.2. The number of pyridine rings is 1. The maximum Gasteiger partial charge on any atom is 0.322 e. The van der Waals surface area contributed by atoms with Crippen LogP contribution in [0.25, 0.3) is 10.9 Å². The number of benzene rings is 1. The van der Waals surface area contributed by atoms with Crippen molar-refractivity contribution in [3.05, 3.63) is 52.8 Å². The van der Waals surface area contributed by atoms with Crippen molar-refractivity contribution >= 4 is 22.6 Å². The topological polar surface area (TPSA) is 54.3 Å². The SMILES string of the molecule is CC(C)C1N(C(=O)Nc2ccc3ccc(=O)n(C)c3c2)CC12CC=CC2. The van der Waals surface area contributed by atoms with Crippen molar-refractivity contribution in [3.63, 3.8) is 0 Å². The van der Waals surface area contributed by atoms with Crippen molar-refractivity contribution in [2.75, 3.05) is 11.9 Å². The van der Waals surface area contributed by atoms with E-state index in [1.165, 1.54) is 0 Å². The van der Waals surface area contributed by atoms with Gasteiger partial charge in [-0.3, -0.25) is 4.79 Å². The zero-order valence-corrected chi connectivity index (χ0v) is 15.5. The Balaban J connectivity index is 1.56. The van der Waals surface area contributed by atoms with Crippen molar-refractivity contribution in [2.45, 2.75) is 32.7 Å². The van der Waals surface area contributed by atoms with Crippen molar-refractivity contribution in [1.29, 1.82) is 0 Å². The molecule has 1 aromatic heterocycles. The maximum absolute atomic E-state index is 12.9. The fraction of sp³-hybridized carbons (Fsp3) is 0.429. The van der Waals surface area contributed by atoms with Gasteiger partial charge in [0.1, 0.15) is 0 Å². The van der Waals surface area contributed by atoms with Gasteiger partial charge in [-0.25, -0.2) is 4.79 Å². The van der Waals surface area contributed by atoms with E-state index in [1.54, 1.807) is 17.7 Å². The van der Waals surface area contributed by atoms with Crippen LogP contribution in [0.5, 0.6) is 0 Å². The average molecular weight is 351 g/mol. The number of carbonyl (C=O) groups excluding carboxylic acids is 1. The van der Waals surface area contributed by atoms with Gasteiger partial charge in [0.2, 0.25) is 0 Å². The Labute approximate surface area is 153 Å². The van der Waals surface area contributed by atoms with E-state index >= 15 is 0 Å². The summed E-state index contributed by atoms with van der Waals surface area (Å²) in [6.07, 6.45) is 6.62. The van der Waals surface area contributed by atoms with Crippen LogP contribution in [-0.4, -0.2) is 28.1 Å². The molecule has 1 fully saturated rings. The number of rotatable bonds is 2. The van der Waals surface area contributed by atoms with Gasteiger partial charge in [0, 0.05) is 36.8 Å². The summed E-state index contributed by atoms with van der Waals surface area (Å²) in [5.74, 6) is 0.423. The molecule has 1 saturated heterocycles. The lowest BCUT2D eigenvalue weighted by atomic mass is 9.65. The molecule has 136 valence electrons. The predicted molar refractivity (Wildman–Crippen MR) is 104 cm³/mol. The van der Waals surface area contributed by atoms with Crippen LogP contribution in [0.2, 0.25) is 0 Å². The molecule has 5 heteroatoms. The Bertz CT molecular complexity index is 949. The van der Waals surface area contributed by atoms with Crippen LogP contribution in [0, 0.1) is 11.3 Å². The number of aromatic nitrogens is 1. The van der Waals surface area contributed by atoms with Crippen molar-refractivity contribution in [2.24, 2.45) is 18.4 Å². The Morgan fingerprint density at radius 3 is 2.58 bits per heavy atom. The summed E-state index contributed by atoms with van der Waals surface area (Å²) in [5.41, 5.74) is 1.71. The molecule has 2 aromatic rings. The normalized spacial score (nSPS) is 20.8. The molecule has 2 aliphatic rings. The van der Waals surface area contributed by atoms with Crippen molar-refractivity contribution in [3.8, 4) is 0 Å². The second kappa shape index (κ2) is 6.01.